The van der Waals surface area contributed by atoms with Crippen LogP contribution in [0.1, 0.15) is 46.5 Å². The van der Waals surface area contributed by atoms with Crippen LogP contribution < -0.4 is 0 Å². The Morgan fingerprint density at radius 2 is 1.81 bits per heavy atom. The number of carbonyl (C=O) groups is 4. The Morgan fingerprint density at radius 1 is 1.16 bits per heavy atom. The van der Waals surface area contributed by atoms with E-state index < -0.39 is 70.3 Å². The van der Waals surface area contributed by atoms with E-state index in [1.54, 1.807) is 6.92 Å². The average Bonchev–Trinajstić information content (AvgIpc) is 2.90. The fraction of sp³-hybridized carbons (Fsp3) is 0.652. The van der Waals surface area contributed by atoms with E-state index in [0.29, 0.717) is 12.0 Å². The third-order valence-electron chi connectivity index (χ3n) is 8.66. The molecule has 174 valence electrons. The molecule has 4 rings (SSSR count). The van der Waals surface area contributed by atoms with Crippen LogP contribution in [0.5, 0.6) is 0 Å². The van der Waals surface area contributed by atoms with Crippen molar-refractivity contribution in [3.05, 3.63) is 23.8 Å². The molecule has 4 aliphatic rings. The zero-order chi connectivity index (χ0) is 23.9. The van der Waals surface area contributed by atoms with Crippen LogP contribution in [0.3, 0.4) is 0 Å². The second kappa shape index (κ2) is 6.81. The minimum absolute atomic E-state index is 0.163. The summed E-state index contributed by atoms with van der Waals surface area (Å²) in [6.07, 6.45) is 0.812. The number of carbonyl (C=O) groups excluding carboxylic acids is 3. The van der Waals surface area contributed by atoms with Gasteiger partial charge in [-0.3, -0.25) is 14.4 Å². The molecule has 8 nitrogen and oxygen atoms in total. The number of halogens is 1. The Morgan fingerprint density at radius 3 is 2.41 bits per heavy atom. The summed E-state index contributed by atoms with van der Waals surface area (Å²) in [4.78, 5) is 48.4. The third kappa shape index (κ3) is 2.49. The monoisotopic (exact) mass is 450 g/mol. The molecule has 0 radical (unpaired) electrons. The lowest BCUT2D eigenvalue weighted by atomic mass is 9.44. The van der Waals surface area contributed by atoms with Crippen molar-refractivity contribution in [2.45, 2.75) is 69.9 Å². The Balaban J connectivity index is 1.88. The molecule has 9 heteroatoms. The largest absolute Gasteiger partial charge is 0.475 e. The van der Waals surface area contributed by atoms with Gasteiger partial charge in [0.25, 0.3) is 5.78 Å². The topological polar surface area (TPSA) is 138 Å². The van der Waals surface area contributed by atoms with Crippen LogP contribution in [0.2, 0.25) is 0 Å². The molecule has 0 aromatic carbocycles. The molecule has 3 saturated carbocycles. The second-order valence-corrected chi connectivity index (χ2v) is 9.98. The average molecular weight is 450 g/mol. The van der Waals surface area contributed by atoms with Crippen LogP contribution >= 0.6 is 0 Å². The van der Waals surface area contributed by atoms with Crippen molar-refractivity contribution in [1.29, 1.82) is 0 Å². The van der Waals surface area contributed by atoms with Crippen LogP contribution in [0.15, 0.2) is 23.8 Å². The molecule has 4 aliphatic carbocycles. The lowest BCUT2D eigenvalue weighted by Crippen LogP contribution is -2.70. The summed E-state index contributed by atoms with van der Waals surface area (Å²) in [5.41, 5.74) is -6.89. The van der Waals surface area contributed by atoms with Crippen LogP contribution in [0.4, 0.5) is 4.39 Å². The molecular formula is C23H27FO8. The van der Waals surface area contributed by atoms with Crippen LogP contribution in [0.25, 0.3) is 0 Å². The quantitative estimate of drug-likeness (QED) is 0.432. The van der Waals surface area contributed by atoms with Crippen molar-refractivity contribution in [2.24, 2.45) is 22.7 Å². The molecule has 0 aromatic heterocycles. The highest BCUT2D eigenvalue weighted by Crippen LogP contribution is 2.70. The summed E-state index contributed by atoms with van der Waals surface area (Å²) in [7, 11) is 0. The van der Waals surface area contributed by atoms with Gasteiger partial charge in [-0.2, -0.15) is 0 Å². The number of rotatable bonds is 3. The summed E-state index contributed by atoms with van der Waals surface area (Å²) in [6.45, 7) is 4.10. The number of alkyl halides is 1. The van der Waals surface area contributed by atoms with E-state index in [-0.39, 0.29) is 18.6 Å². The van der Waals surface area contributed by atoms with E-state index in [4.69, 9.17) is 4.74 Å². The van der Waals surface area contributed by atoms with Gasteiger partial charge in [0, 0.05) is 23.7 Å². The van der Waals surface area contributed by atoms with Crippen LogP contribution in [-0.4, -0.2) is 62.3 Å². The van der Waals surface area contributed by atoms with Crippen molar-refractivity contribution in [3.63, 3.8) is 0 Å². The van der Waals surface area contributed by atoms with E-state index in [0.717, 1.165) is 6.92 Å². The fourth-order valence-electron chi connectivity index (χ4n) is 7.24. The Labute approximate surface area is 184 Å². The van der Waals surface area contributed by atoms with Gasteiger partial charge in [-0.1, -0.05) is 18.6 Å². The molecule has 0 unspecified atom stereocenters. The highest BCUT2D eigenvalue weighted by atomic mass is 19.1. The maximum absolute atomic E-state index is 17.0. The third-order valence-corrected chi connectivity index (χ3v) is 8.66. The lowest BCUT2D eigenvalue weighted by Gasteiger charge is -2.62. The molecular weight excluding hydrogens is 423 g/mol. The summed E-state index contributed by atoms with van der Waals surface area (Å²) < 4.78 is 22.3. The number of fused-ring (bicyclic) bond motifs is 5. The van der Waals surface area contributed by atoms with Crippen molar-refractivity contribution in [1.82, 2.24) is 0 Å². The van der Waals surface area contributed by atoms with Gasteiger partial charge in [-0.05, 0) is 50.7 Å². The minimum atomic E-state index is -2.44. The van der Waals surface area contributed by atoms with Gasteiger partial charge in [-0.25, -0.2) is 9.18 Å². The van der Waals surface area contributed by atoms with Gasteiger partial charge in [0.15, 0.2) is 11.5 Å². The Hall–Kier alpha value is -2.39. The maximum atomic E-state index is 17.0. The van der Waals surface area contributed by atoms with Crippen molar-refractivity contribution >= 4 is 23.5 Å². The molecule has 0 aromatic rings. The van der Waals surface area contributed by atoms with Gasteiger partial charge in [0.05, 0.1) is 6.10 Å². The number of hydrogen-bond acceptors (Lipinski definition) is 7. The zero-order valence-corrected chi connectivity index (χ0v) is 18.1. The molecule has 0 bridgehead atoms. The van der Waals surface area contributed by atoms with Gasteiger partial charge in [0.2, 0.25) is 5.60 Å². The standard InChI is InChI=1S/C23H27FO8/c1-11(25)32-23(18(29)19(30)31)16(27)9-15-14-5-4-12-8-13(26)6-7-20(12,2)22(14,24)17(28)10-21(15,23)3/h6-8,14-17,27-28H,4-5,9-10H2,1-3H3,(H,30,31)/t14-,15-,16+,17-,20-,21-,22-,23-/m0/s1. The number of esters is 1. The first-order chi connectivity index (χ1) is 14.8. The molecule has 3 N–H and O–H groups in total. The van der Waals surface area contributed by atoms with Gasteiger partial charge in [-0.15, -0.1) is 0 Å². The molecule has 32 heavy (non-hydrogen) atoms. The second-order valence-electron chi connectivity index (χ2n) is 9.98. The number of carboxylic acid groups (broad SMARTS) is 1. The number of hydrogen-bond donors (Lipinski definition) is 3. The fourth-order valence-corrected chi connectivity index (χ4v) is 7.24. The van der Waals surface area contributed by atoms with Crippen LogP contribution in [0, 0.1) is 22.7 Å². The predicted molar refractivity (Wildman–Crippen MR) is 107 cm³/mol. The molecule has 0 saturated heterocycles. The Bertz CT molecular complexity index is 986. The van der Waals surface area contributed by atoms with Crippen molar-refractivity contribution < 1.29 is 43.6 Å². The number of ketones is 2. The highest BCUT2D eigenvalue weighted by Gasteiger charge is 2.78. The van der Waals surface area contributed by atoms with E-state index in [2.05, 4.69) is 0 Å². The minimum Gasteiger partial charge on any atom is -0.475 e. The number of aliphatic hydroxyl groups excluding tert-OH is 2. The predicted octanol–water partition coefficient (Wildman–Crippen LogP) is 1.28. The van der Waals surface area contributed by atoms with Crippen molar-refractivity contribution in [2.75, 3.05) is 0 Å². The normalized spacial score (nSPS) is 47.1. The first kappa shape index (κ1) is 22.8. The molecule has 3 fully saturated rings. The summed E-state index contributed by atoms with van der Waals surface area (Å²) in [6, 6.07) is 0. The summed E-state index contributed by atoms with van der Waals surface area (Å²) in [5.74, 6) is -6.21. The van der Waals surface area contributed by atoms with Gasteiger partial charge >= 0.3 is 11.9 Å². The zero-order valence-electron chi connectivity index (χ0n) is 18.1. The number of Topliss-reactive ketones (excluding diaryl/α,β-unsaturated/α-hetero) is 1. The lowest BCUT2D eigenvalue weighted by molar-refractivity contribution is -0.230. The molecule has 0 amide bonds. The van der Waals surface area contributed by atoms with Gasteiger partial charge in [0.1, 0.15) is 6.10 Å². The summed E-state index contributed by atoms with van der Waals surface area (Å²) in [5, 5.41) is 31.7. The molecule has 0 spiro atoms. The number of allylic oxidation sites excluding steroid dienone is 4. The van der Waals surface area contributed by atoms with E-state index in [1.165, 1.54) is 25.2 Å². The van der Waals surface area contributed by atoms with Gasteiger partial charge < -0.3 is 20.1 Å². The molecule has 0 heterocycles. The van der Waals surface area contributed by atoms with Crippen LogP contribution in [-0.2, 0) is 23.9 Å². The highest BCUT2D eigenvalue weighted by molar-refractivity contribution is 6.37. The van der Waals surface area contributed by atoms with Crippen molar-refractivity contribution in [3.8, 4) is 0 Å². The summed E-state index contributed by atoms with van der Waals surface area (Å²) >= 11 is 0. The molecule has 0 aliphatic heterocycles. The number of aliphatic hydroxyl groups is 2. The Kier molecular flexibility index (Phi) is 4.85. The number of carboxylic acids is 1. The van der Waals surface area contributed by atoms with E-state index in [9.17, 15) is 34.5 Å². The van der Waals surface area contributed by atoms with E-state index >= 15 is 4.39 Å². The van der Waals surface area contributed by atoms with E-state index in [1.807, 2.05) is 0 Å². The first-order valence-corrected chi connectivity index (χ1v) is 10.7. The number of ether oxygens (including phenoxy) is 1. The number of aliphatic carboxylic acids is 1. The molecule has 8 atom stereocenters. The maximum Gasteiger partial charge on any atom is 0.376 e. The SMILES string of the molecule is CC(=O)O[C@]1(C(=O)C(=O)O)[C@H](O)C[C@H]2[C@@H]3CCC4=CC(=O)C=C[C@]4(C)[C@@]3(F)[C@@H](O)C[C@@]21C. The smallest absolute Gasteiger partial charge is 0.376 e. The first-order valence-electron chi connectivity index (χ1n) is 10.7.